The summed E-state index contributed by atoms with van der Waals surface area (Å²) in [6.07, 6.45) is -0.891. The van der Waals surface area contributed by atoms with Crippen LogP contribution in [0.15, 0.2) is 11.6 Å². The molecule has 9 heteroatoms. The summed E-state index contributed by atoms with van der Waals surface area (Å²) in [5, 5.41) is 9.66. The van der Waals surface area contributed by atoms with Crippen LogP contribution in [0, 0.1) is 10.8 Å². The molecule has 3 rings (SSSR count). The molecule has 3 aliphatic heterocycles. The first-order valence-electron chi connectivity index (χ1n) is 11.0. The Labute approximate surface area is 189 Å². The summed E-state index contributed by atoms with van der Waals surface area (Å²) < 4.78 is 35.3. The lowest BCUT2D eigenvalue weighted by molar-refractivity contribution is -0.219. The van der Waals surface area contributed by atoms with Crippen molar-refractivity contribution in [1.82, 2.24) is 0 Å². The third kappa shape index (κ3) is 4.59. The van der Waals surface area contributed by atoms with Gasteiger partial charge in [0.05, 0.1) is 17.4 Å². The van der Waals surface area contributed by atoms with E-state index in [1.807, 2.05) is 0 Å². The zero-order valence-corrected chi connectivity index (χ0v) is 20.2. The molecule has 182 valence electrons. The van der Waals surface area contributed by atoms with Crippen molar-refractivity contribution < 1.29 is 43.1 Å². The summed E-state index contributed by atoms with van der Waals surface area (Å²) in [7, 11) is 0. The topological polar surface area (TPSA) is 110 Å². The molecule has 0 saturated carbocycles. The second-order valence-electron chi connectivity index (χ2n) is 11.0. The molecule has 2 bridgehead atoms. The van der Waals surface area contributed by atoms with Gasteiger partial charge in [0.25, 0.3) is 0 Å². The van der Waals surface area contributed by atoms with Crippen LogP contribution in [0.25, 0.3) is 0 Å². The van der Waals surface area contributed by atoms with Crippen molar-refractivity contribution >= 4 is 11.9 Å². The SMILES string of the molecule is CC1(C)O[C@H]2[C@H]3O[C@H](O[C@@H]3CO)[C@@]2(/C(=C/COC(=O)C(C)(C)C)COC(=O)C(C)(C)C)O1. The van der Waals surface area contributed by atoms with Gasteiger partial charge in [-0.1, -0.05) is 0 Å². The molecule has 0 aromatic heterocycles. The van der Waals surface area contributed by atoms with Crippen molar-refractivity contribution in [3.05, 3.63) is 11.6 Å². The van der Waals surface area contributed by atoms with Crippen LogP contribution in [0.2, 0.25) is 0 Å². The van der Waals surface area contributed by atoms with Crippen LogP contribution in [-0.2, 0) is 38.0 Å². The van der Waals surface area contributed by atoms with Gasteiger partial charge in [0, 0.05) is 5.57 Å². The maximum Gasteiger partial charge on any atom is 0.311 e. The maximum atomic E-state index is 12.5. The Balaban J connectivity index is 1.91. The lowest BCUT2D eigenvalue weighted by atomic mass is 9.83. The fraction of sp³-hybridized carbons (Fsp3) is 0.826. The summed E-state index contributed by atoms with van der Waals surface area (Å²) in [5.41, 5.74) is -2.03. The van der Waals surface area contributed by atoms with E-state index in [0.29, 0.717) is 5.57 Å². The van der Waals surface area contributed by atoms with E-state index in [2.05, 4.69) is 0 Å². The number of rotatable bonds is 6. The average Bonchev–Trinajstić information content (AvgIpc) is 3.28. The molecule has 3 saturated heterocycles. The standard InChI is InChI=1S/C23H36O9/c1-20(2,3)17(25)27-10-9-13(12-28-18(26)21(4,5)6)23-16(31-22(7,8)32-23)15-14(11-24)29-19(23)30-15/h9,14-16,19,24H,10-12H2,1-8H3/b13-9+/t14-,15+,16+,19+,23+/m1/s1. The fourth-order valence-electron chi connectivity index (χ4n) is 4.01. The van der Waals surface area contributed by atoms with Crippen LogP contribution < -0.4 is 0 Å². The third-order valence-electron chi connectivity index (χ3n) is 5.65. The van der Waals surface area contributed by atoms with E-state index < -0.39 is 46.8 Å². The lowest BCUT2D eigenvalue weighted by Crippen LogP contribution is -2.57. The van der Waals surface area contributed by atoms with Crippen molar-refractivity contribution in [1.29, 1.82) is 0 Å². The normalized spacial score (nSPS) is 33.8. The van der Waals surface area contributed by atoms with Crippen LogP contribution in [0.4, 0.5) is 0 Å². The van der Waals surface area contributed by atoms with Gasteiger partial charge < -0.3 is 33.5 Å². The Kier molecular flexibility index (Phi) is 6.56. The molecule has 3 heterocycles. The van der Waals surface area contributed by atoms with E-state index in [9.17, 15) is 14.7 Å². The first-order valence-corrected chi connectivity index (χ1v) is 11.0. The highest BCUT2D eigenvalue weighted by atomic mass is 16.8. The van der Waals surface area contributed by atoms with Gasteiger partial charge in [-0.2, -0.15) is 0 Å². The highest BCUT2D eigenvalue weighted by Gasteiger charge is 2.73. The van der Waals surface area contributed by atoms with Crippen molar-refractivity contribution in [2.75, 3.05) is 19.8 Å². The summed E-state index contributed by atoms with van der Waals surface area (Å²) in [6.45, 7) is 13.8. The second-order valence-corrected chi connectivity index (χ2v) is 11.0. The number of aliphatic hydroxyl groups excluding tert-OH is 1. The molecule has 5 atom stereocenters. The van der Waals surface area contributed by atoms with Gasteiger partial charge in [0.15, 0.2) is 17.7 Å². The minimum atomic E-state index is -1.20. The minimum Gasteiger partial charge on any atom is -0.461 e. The van der Waals surface area contributed by atoms with Gasteiger partial charge in [-0.3, -0.25) is 9.59 Å². The molecule has 0 spiro atoms. The lowest BCUT2D eigenvalue weighted by Gasteiger charge is -2.38. The third-order valence-corrected chi connectivity index (χ3v) is 5.65. The number of aliphatic hydroxyl groups is 1. The number of esters is 2. The molecule has 0 aromatic carbocycles. The van der Waals surface area contributed by atoms with Gasteiger partial charge in [-0.15, -0.1) is 0 Å². The highest BCUT2D eigenvalue weighted by molar-refractivity contribution is 5.76. The maximum absolute atomic E-state index is 12.5. The molecule has 9 nitrogen and oxygen atoms in total. The van der Waals surface area contributed by atoms with Gasteiger partial charge in [-0.05, 0) is 61.5 Å². The van der Waals surface area contributed by atoms with Gasteiger partial charge in [0.2, 0.25) is 0 Å². The van der Waals surface area contributed by atoms with Crippen molar-refractivity contribution in [2.24, 2.45) is 10.8 Å². The van der Waals surface area contributed by atoms with Crippen LogP contribution in [-0.4, -0.2) is 72.9 Å². The first kappa shape index (κ1) is 25.1. The minimum absolute atomic E-state index is 0.0441. The Hall–Kier alpha value is -1.52. The largest absolute Gasteiger partial charge is 0.461 e. The van der Waals surface area contributed by atoms with Crippen molar-refractivity contribution in [3.63, 3.8) is 0 Å². The zero-order valence-electron chi connectivity index (χ0n) is 20.2. The number of fused-ring (bicyclic) bond motifs is 5. The molecular weight excluding hydrogens is 420 g/mol. The second kappa shape index (κ2) is 8.36. The van der Waals surface area contributed by atoms with Crippen LogP contribution in [0.1, 0.15) is 55.4 Å². The molecule has 1 N–H and O–H groups in total. The average molecular weight is 457 g/mol. The van der Waals surface area contributed by atoms with E-state index in [0.717, 1.165) is 0 Å². The molecule has 3 fully saturated rings. The number of ether oxygens (including phenoxy) is 6. The van der Waals surface area contributed by atoms with Crippen molar-refractivity contribution in [2.45, 2.75) is 91.4 Å². The van der Waals surface area contributed by atoms with Gasteiger partial charge in [0.1, 0.15) is 31.5 Å². The smallest absolute Gasteiger partial charge is 0.311 e. The Morgan fingerprint density at radius 1 is 1.00 bits per heavy atom. The monoisotopic (exact) mass is 456 g/mol. The summed E-state index contributed by atoms with van der Waals surface area (Å²) >= 11 is 0. The summed E-state index contributed by atoms with van der Waals surface area (Å²) in [4.78, 5) is 24.7. The Bertz CT molecular complexity index is 771. The number of carbonyl (C=O) groups is 2. The van der Waals surface area contributed by atoms with Gasteiger partial charge in [-0.25, -0.2) is 0 Å². The Morgan fingerprint density at radius 2 is 1.59 bits per heavy atom. The van der Waals surface area contributed by atoms with Crippen LogP contribution in [0.3, 0.4) is 0 Å². The number of carbonyl (C=O) groups excluding carboxylic acids is 2. The predicted molar refractivity (Wildman–Crippen MR) is 112 cm³/mol. The zero-order chi connectivity index (χ0) is 24.1. The van der Waals surface area contributed by atoms with Crippen LogP contribution in [0.5, 0.6) is 0 Å². The molecule has 0 unspecified atom stereocenters. The number of hydrogen-bond donors (Lipinski definition) is 1. The fourth-order valence-corrected chi connectivity index (χ4v) is 4.01. The molecule has 0 aromatic rings. The van der Waals surface area contributed by atoms with E-state index in [4.69, 9.17) is 28.4 Å². The molecule has 0 aliphatic carbocycles. The number of hydrogen-bond acceptors (Lipinski definition) is 9. The highest BCUT2D eigenvalue weighted by Crippen LogP contribution is 2.55. The summed E-state index contributed by atoms with van der Waals surface area (Å²) in [5.74, 6) is -1.72. The van der Waals surface area contributed by atoms with Crippen LogP contribution >= 0.6 is 0 Å². The van der Waals surface area contributed by atoms with E-state index in [1.54, 1.807) is 61.5 Å². The molecule has 3 aliphatic rings. The van der Waals surface area contributed by atoms with E-state index in [-0.39, 0.29) is 31.8 Å². The Morgan fingerprint density at radius 3 is 2.16 bits per heavy atom. The quantitative estimate of drug-likeness (QED) is 0.474. The first-order chi connectivity index (χ1) is 14.6. The molecule has 32 heavy (non-hydrogen) atoms. The molecule has 0 amide bonds. The van der Waals surface area contributed by atoms with Crippen molar-refractivity contribution in [3.8, 4) is 0 Å². The molecule has 0 radical (unpaired) electrons. The molecular formula is C23H36O9. The van der Waals surface area contributed by atoms with E-state index >= 15 is 0 Å². The van der Waals surface area contributed by atoms with E-state index in [1.165, 1.54) is 0 Å². The van der Waals surface area contributed by atoms with Gasteiger partial charge >= 0.3 is 11.9 Å². The summed E-state index contributed by atoms with van der Waals surface area (Å²) in [6, 6.07) is 0. The predicted octanol–water partition coefficient (Wildman–Crippen LogP) is 2.10.